The van der Waals surface area contributed by atoms with Gasteiger partial charge in [0, 0.05) is 12.7 Å². The molecule has 1 amide bonds. The zero-order valence-corrected chi connectivity index (χ0v) is 12.4. The summed E-state index contributed by atoms with van der Waals surface area (Å²) in [5.41, 5.74) is -0.741. The fourth-order valence-corrected chi connectivity index (χ4v) is 2.03. The molecule has 0 aliphatic carbocycles. The van der Waals surface area contributed by atoms with Crippen LogP contribution in [0.25, 0.3) is 0 Å². The Hall–Kier alpha value is -2.15. The van der Waals surface area contributed by atoms with Crippen LogP contribution in [-0.4, -0.2) is 10.9 Å². The van der Waals surface area contributed by atoms with E-state index in [1.54, 1.807) is 6.07 Å². The molecule has 0 unspecified atom stereocenters. The summed E-state index contributed by atoms with van der Waals surface area (Å²) in [5, 5.41) is 2.65. The molecule has 2 aromatic rings. The lowest BCUT2D eigenvalue weighted by Gasteiger charge is -2.13. The van der Waals surface area contributed by atoms with E-state index >= 15 is 0 Å². The molecule has 23 heavy (non-hydrogen) atoms. The molecular formula is C15H11ClF4N2O. The standard InChI is InChI=1S/C15H11ClF4N2O/c16-13-4-1-9(7-21-13)5-14(23)22-8-10-2-3-11(17)6-12(10)15(18,19)20/h1-4,6-7H,5,8H2,(H,22,23). The van der Waals surface area contributed by atoms with Crippen molar-refractivity contribution in [3.63, 3.8) is 0 Å². The molecule has 3 nitrogen and oxygen atoms in total. The first kappa shape index (κ1) is 17.2. The Morgan fingerprint density at radius 1 is 1.22 bits per heavy atom. The van der Waals surface area contributed by atoms with Gasteiger partial charge in [-0.15, -0.1) is 0 Å². The van der Waals surface area contributed by atoms with Gasteiger partial charge in [0.25, 0.3) is 0 Å². The molecule has 122 valence electrons. The van der Waals surface area contributed by atoms with Gasteiger partial charge in [-0.25, -0.2) is 9.37 Å². The quantitative estimate of drug-likeness (QED) is 0.676. The first-order valence-corrected chi connectivity index (χ1v) is 6.86. The van der Waals surface area contributed by atoms with Crippen LogP contribution in [0.4, 0.5) is 17.6 Å². The van der Waals surface area contributed by atoms with Crippen molar-refractivity contribution < 1.29 is 22.4 Å². The number of carbonyl (C=O) groups is 1. The Labute approximate surface area is 134 Å². The minimum absolute atomic E-state index is 0.0489. The normalized spacial score (nSPS) is 11.3. The molecule has 0 aliphatic rings. The van der Waals surface area contributed by atoms with Gasteiger partial charge < -0.3 is 5.32 Å². The lowest BCUT2D eigenvalue weighted by Crippen LogP contribution is -2.26. The average Bonchev–Trinajstić information content (AvgIpc) is 2.47. The zero-order valence-electron chi connectivity index (χ0n) is 11.6. The minimum atomic E-state index is -4.69. The maximum Gasteiger partial charge on any atom is 0.416 e. The number of halogens is 5. The maximum atomic E-state index is 13.0. The van der Waals surface area contributed by atoms with Crippen LogP contribution in [0.3, 0.4) is 0 Å². The van der Waals surface area contributed by atoms with Crippen LogP contribution >= 0.6 is 11.6 Å². The van der Waals surface area contributed by atoms with Crippen molar-refractivity contribution in [2.75, 3.05) is 0 Å². The SMILES string of the molecule is O=C(Cc1ccc(Cl)nc1)NCc1ccc(F)cc1C(F)(F)F. The third-order valence-corrected chi connectivity index (χ3v) is 3.23. The second-order valence-electron chi connectivity index (χ2n) is 4.74. The zero-order chi connectivity index (χ0) is 17.0. The highest BCUT2D eigenvalue weighted by molar-refractivity contribution is 6.29. The maximum absolute atomic E-state index is 13.0. The molecule has 0 atom stereocenters. The number of benzene rings is 1. The second kappa shape index (κ2) is 6.95. The summed E-state index contributed by atoms with van der Waals surface area (Å²) in [6, 6.07) is 5.42. The molecule has 2 rings (SSSR count). The van der Waals surface area contributed by atoms with Crippen molar-refractivity contribution in [3.8, 4) is 0 Å². The number of nitrogens with zero attached hydrogens (tertiary/aromatic N) is 1. The van der Waals surface area contributed by atoms with Crippen molar-refractivity contribution in [2.45, 2.75) is 19.1 Å². The Morgan fingerprint density at radius 2 is 1.96 bits per heavy atom. The predicted octanol–water partition coefficient (Wildman–Crippen LogP) is 3.75. The summed E-state index contributed by atoms with van der Waals surface area (Å²) >= 11 is 5.61. The third kappa shape index (κ3) is 4.92. The number of hydrogen-bond donors (Lipinski definition) is 1. The number of nitrogens with one attached hydrogen (secondary N) is 1. The fraction of sp³-hybridized carbons (Fsp3) is 0.200. The summed E-state index contributed by atoms with van der Waals surface area (Å²) in [6.45, 7) is -0.352. The third-order valence-electron chi connectivity index (χ3n) is 3.01. The van der Waals surface area contributed by atoms with E-state index in [1.165, 1.54) is 12.3 Å². The van der Waals surface area contributed by atoms with E-state index < -0.39 is 23.5 Å². The van der Waals surface area contributed by atoms with Crippen molar-refractivity contribution in [1.29, 1.82) is 0 Å². The molecular weight excluding hydrogens is 336 g/mol. The second-order valence-corrected chi connectivity index (χ2v) is 5.13. The summed E-state index contributed by atoms with van der Waals surface area (Å²) < 4.78 is 51.5. The van der Waals surface area contributed by atoms with E-state index in [1.807, 2.05) is 0 Å². The van der Waals surface area contributed by atoms with E-state index in [9.17, 15) is 22.4 Å². The van der Waals surface area contributed by atoms with Crippen LogP contribution in [0.15, 0.2) is 36.5 Å². The highest BCUT2D eigenvalue weighted by Crippen LogP contribution is 2.32. The number of rotatable bonds is 4. The number of aromatic nitrogens is 1. The summed E-state index contributed by atoms with van der Waals surface area (Å²) in [5.74, 6) is -1.47. The highest BCUT2D eigenvalue weighted by Gasteiger charge is 2.33. The van der Waals surface area contributed by atoms with E-state index in [0.29, 0.717) is 11.6 Å². The summed E-state index contributed by atoms with van der Waals surface area (Å²) in [6.07, 6.45) is -3.34. The number of alkyl halides is 3. The van der Waals surface area contributed by atoms with Gasteiger partial charge in [0.15, 0.2) is 0 Å². The number of pyridine rings is 1. The highest BCUT2D eigenvalue weighted by atomic mass is 35.5. The van der Waals surface area contributed by atoms with Gasteiger partial charge in [-0.1, -0.05) is 23.7 Å². The van der Waals surface area contributed by atoms with Crippen LogP contribution in [0.2, 0.25) is 5.15 Å². The van der Waals surface area contributed by atoms with E-state index in [2.05, 4.69) is 10.3 Å². The summed E-state index contributed by atoms with van der Waals surface area (Å²) in [7, 11) is 0. The Bertz CT molecular complexity index is 702. The van der Waals surface area contributed by atoms with Gasteiger partial charge in [-0.3, -0.25) is 4.79 Å². The largest absolute Gasteiger partial charge is 0.416 e. The molecule has 1 N–H and O–H groups in total. The Morgan fingerprint density at radius 3 is 2.57 bits per heavy atom. The van der Waals surface area contributed by atoms with Gasteiger partial charge in [-0.05, 0) is 29.3 Å². The molecule has 0 saturated heterocycles. The Kier molecular flexibility index (Phi) is 5.20. The van der Waals surface area contributed by atoms with Gasteiger partial charge in [-0.2, -0.15) is 13.2 Å². The Balaban J connectivity index is 2.03. The minimum Gasteiger partial charge on any atom is -0.352 e. The molecule has 0 fully saturated rings. The van der Waals surface area contributed by atoms with Gasteiger partial charge in [0.1, 0.15) is 11.0 Å². The van der Waals surface area contributed by atoms with Crippen molar-refractivity contribution >= 4 is 17.5 Å². The van der Waals surface area contributed by atoms with Crippen LogP contribution in [0.1, 0.15) is 16.7 Å². The average molecular weight is 347 g/mol. The van der Waals surface area contributed by atoms with Crippen LogP contribution < -0.4 is 5.32 Å². The number of amides is 1. The molecule has 1 aromatic heterocycles. The molecule has 8 heteroatoms. The topological polar surface area (TPSA) is 42.0 Å². The molecule has 1 aromatic carbocycles. The smallest absolute Gasteiger partial charge is 0.352 e. The van der Waals surface area contributed by atoms with Crippen molar-refractivity contribution in [1.82, 2.24) is 10.3 Å². The first-order chi connectivity index (χ1) is 10.8. The van der Waals surface area contributed by atoms with Crippen LogP contribution in [-0.2, 0) is 23.9 Å². The molecule has 1 heterocycles. The van der Waals surface area contributed by atoms with Crippen molar-refractivity contribution in [3.05, 3.63) is 64.2 Å². The van der Waals surface area contributed by atoms with Crippen LogP contribution in [0, 0.1) is 5.82 Å². The molecule has 0 radical (unpaired) electrons. The van der Waals surface area contributed by atoms with Gasteiger partial charge in [0.05, 0.1) is 12.0 Å². The predicted molar refractivity (Wildman–Crippen MR) is 76.2 cm³/mol. The lowest BCUT2D eigenvalue weighted by molar-refractivity contribution is -0.138. The van der Waals surface area contributed by atoms with Gasteiger partial charge >= 0.3 is 6.18 Å². The van der Waals surface area contributed by atoms with Gasteiger partial charge in [0.2, 0.25) is 5.91 Å². The summed E-state index contributed by atoms with van der Waals surface area (Å²) in [4.78, 5) is 15.6. The molecule has 0 spiro atoms. The first-order valence-electron chi connectivity index (χ1n) is 6.48. The van der Waals surface area contributed by atoms with E-state index in [4.69, 9.17) is 11.6 Å². The lowest BCUT2D eigenvalue weighted by atomic mass is 10.1. The number of carbonyl (C=O) groups excluding carboxylic acids is 1. The van der Waals surface area contributed by atoms with Crippen molar-refractivity contribution in [2.24, 2.45) is 0 Å². The van der Waals surface area contributed by atoms with E-state index in [0.717, 1.165) is 12.1 Å². The van der Waals surface area contributed by atoms with E-state index in [-0.39, 0.29) is 23.7 Å². The monoisotopic (exact) mass is 346 g/mol. The number of hydrogen-bond acceptors (Lipinski definition) is 2. The molecule has 0 bridgehead atoms. The molecule has 0 saturated carbocycles. The molecule has 0 aliphatic heterocycles. The fourth-order valence-electron chi connectivity index (χ4n) is 1.92. The van der Waals surface area contributed by atoms with Crippen LogP contribution in [0.5, 0.6) is 0 Å².